The van der Waals surface area contributed by atoms with Crippen molar-refractivity contribution in [2.45, 2.75) is 71.6 Å². The Labute approximate surface area is 197 Å². The van der Waals surface area contributed by atoms with E-state index in [2.05, 4.69) is 35.2 Å². The number of aromatic nitrogens is 2. The zero-order valence-electron chi connectivity index (χ0n) is 20.1. The maximum atomic E-state index is 11.0. The molecule has 1 aromatic heterocycles. The number of aliphatic imine (C=N–C) groups is 1. The summed E-state index contributed by atoms with van der Waals surface area (Å²) >= 11 is 0. The van der Waals surface area contributed by atoms with Crippen LogP contribution in [-0.2, 0) is 0 Å². The Morgan fingerprint density at radius 1 is 1.27 bits per heavy atom. The van der Waals surface area contributed by atoms with Gasteiger partial charge in [0.15, 0.2) is 0 Å². The van der Waals surface area contributed by atoms with Crippen molar-refractivity contribution < 1.29 is 5.21 Å². The highest BCUT2D eigenvalue weighted by Crippen LogP contribution is 2.33. The van der Waals surface area contributed by atoms with Crippen LogP contribution in [0.2, 0.25) is 0 Å². The van der Waals surface area contributed by atoms with Crippen molar-refractivity contribution in [1.82, 2.24) is 15.0 Å². The number of imidazole rings is 1. The number of rotatable bonds is 10. The van der Waals surface area contributed by atoms with E-state index in [1.807, 2.05) is 23.3 Å². The lowest BCUT2D eigenvalue weighted by molar-refractivity contribution is 0.0207. The molecule has 2 aliphatic rings. The molecular weight excluding hydrogens is 412 g/mol. The lowest BCUT2D eigenvalue weighted by Crippen LogP contribution is -2.49. The third-order valence-corrected chi connectivity index (χ3v) is 6.79. The molecule has 1 aliphatic carbocycles. The van der Waals surface area contributed by atoms with Gasteiger partial charge in [0.05, 0.1) is 5.69 Å². The molecular formula is C26H38N6O. The summed E-state index contributed by atoms with van der Waals surface area (Å²) in [7, 11) is 0. The Balaban J connectivity index is 1.61. The molecule has 0 unspecified atom stereocenters. The van der Waals surface area contributed by atoms with Gasteiger partial charge >= 0.3 is 0 Å². The van der Waals surface area contributed by atoms with Gasteiger partial charge < -0.3 is 10.3 Å². The molecule has 4 rings (SSSR count). The highest BCUT2D eigenvalue weighted by molar-refractivity contribution is 5.88. The molecule has 7 nitrogen and oxygen atoms in total. The molecule has 2 aromatic rings. The van der Waals surface area contributed by atoms with Crippen LogP contribution in [0.25, 0.3) is 5.57 Å². The van der Waals surface area contributed by atoms with Gasteiger partial charge in [-0.15, -0.1) is 0 Å². The lowest BCUT2D eigenvalue weighted by atomic mass is 9.84. The highest BCUT2D eigenvalue weighted by Gasteiger charge is 2.24. The Morgan fingerprint density at radius 2 is 2.09 bits per heavy atom. The van der Waals surface area contributed by atoms with E-state index in [4.69, 9.17) is 4.99 Å². The summed E-state index contributed by atoms with van der Waals surface area (Å²) in [6.45, 7) is 6.05. The molecule has 1 saturated heterocycles. The zero-order chi connectivity index (χ0) is 23.0. The number of hydrazine groups is 1. The predicted molar refractivity (Wildman–Crippen MR) is 136 cm³/mol. The molecule has 1 aliphatic heterocycles. The topological polar surface area (TPSA) is 79.8 Å². The van der Waals surface area contributed by atoms with Crippen molar-refractivity contribution in [2.75, 3.05) is 23.6 Å². The molecule has 0 radical (unpaired) electrons. The van der Waals surface area contributed by atoms with Crippen molar-refractivity contribution in [3.05, 3.63) is 42.4 Å². The third kappa shape index (κ3) is 6.03. The van der Waals surface area contributed by atoms with Crippen LogP contribution in [0, 0.1) is 5.92 Å². The number of benzene rings is 1. The predicted octanol–water partition coefficient (Wildman–Crippen LogP) is 6.54. The number of aromatic amines is 1. The van der Waals surface area contributed by atoms with E-state index < -0.39 is 0 Å². The van der Waals surface area contributed by atoms with Gasteiger partial charge in [-0.2, -0.15) is 10.2 Å². The second kappa shape index (κ2) is 11.5. The number of H-pyrrole nitrogens is 1. The van der Waals surface area contributed by atoms with Gasteiger partial charge in [0.2, 0.25) is 5.95 Å². The van der Waals surface area contributed by atoms with Crippen molar-refractivity contribution in [3.8, 4) is 0 Å². The van der Waals surface area contributed by atoms with Crippen LogP contribution in [0.1, 0.15) is 77.2 Å². The van der Waals surface area contributed by atoms with Gasteiger partial charge in [0, 0.05) is 48.6 Å². The first-order valence-corrected chi connectivity index (χ1v) is 12.5. The average molecular weight is 451 g/mol. The Kier molecular flexibility index (Phi) is 8.18. The number of hydrogen-bond donors (Lipinski definition) is 3. The molecule has 7 heteroatoms. The summed E-state index contributed by atoms with van der Waals surface area (Å²) in [6.07, 6.45) is 16.6. The molecule has 178 valence electrons. The Morgan fingerprint density at radius 3 is 2.76 bits per heavy atom. The first kappa shape index (κ1) is 23.5. The second-order valence-electron chi connectivity index (χ2n) is 9.26. The first-order valence-electron chi connectivity index (χ1n) is 12.5. The quantitative estimate of drug-likeness (QED) is 0.283. The molecule has 1 aromatic carbocycles. The summed E-state index contributed by atoms with van der Waals surface area (Å²) < 4.78 is 0. The normalized spacial score (nSPS) is 18.3. The summed E-state index contributed by atoms with van der Waals surface area (Å²) in [6, 6.07) is 6.04. The van der Waals surface area contributed by atoms with Crippen LogP contribution in [0.5, 0.6) is 0 Å². The minimum atomic E-state index is 0.629. The minimum Gasteiger partial charge on any atom is -0.331 e. The molecule has 0 amide bonds. The van der Waals surface area contributed by atoms with Gasteiger partial charge in [-0.25, -0.2) is 4.98 Å². The smallest absolute Gasteiger partial charge is 0.204 e. The van der Waals surface area contributed by atoms with E-state index in [1.165, 1.54) is 55.8 Å². The van der Waals surface area contributed by atoms with Crippen molar-refractivity contribution in [2.24, 2.45) is 10.9 Å². The van der Waals surface area contributed by atoms with E-state index in [0.29, 0.717) is 11.9 Å². The number of unbranched alkanes of at least 4 members (excludes halogenated alkanes) is 1. The van der Waals surface area contributed by atoms with Crippen LogP contribution in [0.3, 0.4) is 0 Å². The van der Waals surface area contributed by atoms with Crippen LogP contribution in [-0.4, -0.2) is 39.0 Å². The monoisotopic (exact) mass is 450 g/mol. The van der Waals surface area contributed by atoms with E-state index in [-0.39, 0.29) is 0 Å². The van der Waals surface area contributed by atoms with Crippen LogP contribution in [0.15, 0.2) is 41.8 Å². The summed E-state index contributed by atoms with van der Waals surface area (Å²) in [5.41, 5.74) is 5.01. The fourth-order valence-corrected chi connectivity index (χ4v) is 4.64. The molecule has 2 heterocycles. The van der Waals surface area contributed by atoms with Crippen molar-refractivity contribution in [3.63, 3.8) is 0 Å². The van der Waals surface area contributed by atoms with E-state index in [9.17, 15) is 5.21 Å². The van der Waals surface area contributed by atoms with E-state index >= 15 is 0 Å². The standard InChI is InChI=1S/C26H38N6O/c1-3-4-11-24(21-9-6-5-7-10-21)29-19-20(2)23-13-12-22(30-26-27-14-15-28-26)18-25(23)32(33)31-16-8-17-31/h12-15,18-19,21,33H,3-11,16-17H2,1-2H3,(H2,27,28,30)/b20-19+,29-24?. The SMILES string of the molecule is CCCCC(=N/C=C(\C)c1ccc(Nc2ncc[nH]2)cc1N(O)N1CCC1)C1CCCCC1. The molecule has 3 N–H and O–H groups in total. The van der Waals surface area contributed by atoms with Crippen LogP contribution in [0.4, 0.5) is 17.3 Å². The number of allylic oxidation sites excluding steroid dienone is 1. The highest BCUT2D eigenvalue weighted by atomic mass is 16.6. The summed E-state index contributed by atoms with van der Waals surface area (Å²) in [4.78, 5) is 12.3. The van der Waals surface area contributed by atoms with Gasteiger partial charge in [0.1, 0.15) is 0 Å². The third-order valence-electron chi connectivity index (χ3n) is 6.79. The number of nitrogens with zero attached hydrogens (tertiary/aromatic N) is 4. The Hall–Kier alpha value is -2.64. The molecule has 0 spiro atoms. The molecule has 0 atom stereocenters. The van der Waals surface area contributed by atoms with Crippen LogP contribution >= 0.6 is 0 Å². The van der Waals surface area contributed by atoms with Crippen molar-refractivity contribution in [1.29, 1.82) is 0 Å². The summed E-state index contributed by atoms with van der Waals surface area (Å²) in [5.74, 6) is 1.30. The Bertz CT molecular complexity index is 942. The number of anilines is 3. The lowest BCUT2D eigenvalue weighted by Gasteiger charge is -2.38. The maximum absolute atomic E-state index is 11.0. The van der Waals surface area contributed by atoms with Gasteiger partial charge in [-0.1, -0.05) is 38.7 Å². The van der Waals surface area contributed by atoms with Crippen LogP contribution < -0.4 is 10.5 Å². The number of nitrogens with one attached hydrogen (secondary N) is 2. The molecule has 0 bridgehead atoms. The average Bonchev–Trinajstić information content (AvgIpc) is 3.31. The van der Waals surface area contributed by atoms with Gasteiger partial charge in [0.25, 0.3) is 0 Å². The minimum absolute atomic E-state index is 0.629. The molecule has 1 saturated carbocycles. The van der Waals surface area contributed by atoms with Gasteiger partial charge in [-0.3, -0.25) is 10.2 Å². The largest absolute Gasteiger partial charge is 0.331 e. The summed E-state index contributed by atoms with van der Waals surface area (Å²) in [5, 5.41) is 17.5. The number of hydrogen-bond acceptors (Lipinski definition) is 6. The zero-order valence-corrected chi connectivity index (χ0v) is 20.1. The second-order valence-corrected chi connectivity index (χ2v) is 9.26. The fourth-order valence-electron chi connectivity index (χ4n) is 4.64. The molecule has 2 fully saturated rings. The van der Waals surface area contributed by atoms with E-state index in [0.717, 1.165) is 48.4 Å². The van der Waals surface area contributed by atoms with E-state index in [1.54, 1.807) is 12.4 Å². The van der Waals surface area contributed by atoms with Crippen molar-refractivity contribution >= 4 is 28.6 Å². The molecule has 33 heavy (non-hydrogen) atoms. The first-order chi connectivity index (χ1) is 16.2. The van der Waals surface area contributed by atoms with Gasteiger partial charge in [-0.05, 0) is 62.7 Å². The maximum Gasteiger partial charge on any atom is 0.204 e. The fraction of sp³-hybridized carbons (Fsp3) is 0.538.